The molecule has 0 saturated carbocycles. The van der Waals surface area contributed by atoms with E-state index in [1.165, 1.54) is 0 Å². The summed E-state index contributed by atoms with van der Waals surface area (Å²) in [6, 6.07) is 9.31. The molecule has 1 aliphatic rings. The first kappa shape index (κ1) is 17.4. The van der Waals surface area contributed by atoms with Crippen molar-refractivity contribution in [2.75, 3.05) is 6.54 Å². The summed E-state index contributed by atoms with van der Waals surface area (Å²) in [5, 5.41) is 0.659. The van der Waals surface area contributed by atoms with E-state index in [0.29, 0.717) is 17.4 Å². The lowest BCUT2D eigenvalue weighted by atomic mass is 10.1. The van der Waals surface area contributed by atoms with Gasteiger partial charge < -0.3 is 4.98 Å². The Morgan fingerprint density at radius 3 is 2.81 bits per heavy atom. The fourth-order valence-corrected chi connectivity index (χ4v) is 3.64. The lowest BCUT2D eigenvalue weighted by molar-refractivity contribution is 0.241. The van der Waals surface area contributed by atoms with Crippen LogP contribution in [0.5, 0.6) is 0 Å². The Hall–Kier alpha value is -2.02. The molecule has 0 amide bonds. The van der Waals surface area contributed by atoms with E-state index in [4.69, 9.17) is 11.6 Å². The van der Waals surface area contributed by atoms with Crippen molar-refractivity contribution in [3.63, 3.8) is 0 Å². The molecule has 7 heteroatoms. The molecule has 0 spiro atoms. The highest BCUT2D eigenvalue weighted by Gasteiger charge is 2.22. The van der Waals surface area contributed by atoms with Gasteiger partial charge in [0.1, 0.15) is 5.82 Å². The molecule has 3 heterocycles. The molecule has 0 atom stereocenters. The summed E-state index contributed by atoms with van der Waals surface area (Å²) in [4.78, 5) is 26.6. The molecule has 1 aliphatic heterocycles. The van der Waals surface area contributed by atoms with E-state index in [1.54, 1.807) is 24.5 Å². The van der Waals surface area contributed by atoms with Gasteiger partial charge in [0, 0.05) is 53.5 Å². The number of hydrogen-bond acceptors (Lipinski definition) is 4. The Morgan fingerprint density at radius 1 is 1.23 bits per heavy atom. The third kappa shape index (κ3) is 3.58. The first-order valence-corrected chi connectivity index (χ1v) is 9.46. The second-order valence-corrected chi connectivity index (χ2v) is 7.57. The number of halogens is 2. The molecule has 0 radical (unpaired) electrons. The number of H-pyrrole nitrogens is 1. The molecule has 1 N–H and O–H groups in total. The average Bonchev–Trinajstić information content (AvgIpc) is 2.64. The van der Waals surface area contributed by atoms with Crippen LogP contribution in [-0.4, -0.2) is 26.4 Å². The fourth-order valence-electron chi connectivity index (χ4n) is 3.13. The van der Waals surface area contributed by atoms with Crippen LogP contribution in [0.15, 0.2) is 52.0 Å². The van der Waals surface area contributed by atoms with E-state index in [-0.39, 0.29) is 5.56 Å². The van der Waals surface area contributed by atoms with Gasteiger partial charge in [-0.2, -0.15) is 0 Å². The molecule has 0 saturated heterocycles. The molecular weight excluding hydrogens is 416 g/mol. The number of benzene rings is 1. The Balaban J connectivity index is 1.59. The van der Waals surface area contributed by atoms with E-state index in [0.717, 1.165) is 46.4 Å². The standard InChI is InChI=1S/C19H16BrClN4O/c20-16-9-22-7-5-13(16)10-25-8-6-17-15(11-25)19(26)24-18(23-17)12-1-3-14(21)4-2-12/h1-5,7,9H,6,8,10-11H2,(H,23,24,26). The Labute approximate surface area is 164 Å². The highest BCUT2D eigenvalue weighted by Crippen LogP contribution is 2.23. The fraction of sp³-hybridized carbons (Fsp3) is 0.211. The van der Waals surface area contributed by atoms with Gasteiger partial charge in [0.05, 0.1) is 11.3 Å². The summed E-state index contributed by atoms with van der Waals surface area (Å²) in [5.74, 6) is 0.593. The van der Waals surface area contributed by atoms with Gasteiger partial charge in [0.15, 0.2) is 0 Å². The lowest BCUT2D eigenvalue weighted by Gasteiger charge is -2.28. The second kappa shape index (κ2) is 7.31. The van der Waals surface area contributed by atoms with Crippen LogP contribution in [0.3, 0.4) is 0 Å². The summed E-state index contributed by atoms with van der Waals surface area (Å²) in [6.45, 7) is 2.21. The molecule has 5 nitrogen and oxygen atoms in total. The zero-order chi connectivity index (χ0) is 18.1. The number of nitrogens with zero attached hydrogens (tertiary/aromatic N) is 3. The number of aromatic amines is 1. The first-order valence-electron chi connectivity index (χ1n) is 8.29. The Morgan fingerprint density at radius 2 is 2.04 bits per heavy atom. The van der Waals surface area contributed by atoms with E-state index in [9.17, 15) is 4.79 Å². The third-order valence-corrected chi connectivity index (χ3v) is 5.48. The molecule has 0 fully saturated rings. The van der Waals surface area contributed by atoms with Crippen LogP contribution >= 0.6 is 27.5 Å². The van der Waals surface area contributed by atoms with Crippen molar-refractivity contribution < 1.29 is 0 Å². The maximum atomic E-state index is 12.6. The average molecular weight is 432 g/mol. The number of rotatable bonds is 3. The minimum absolute atomic E-state index is 0.0709. The van der Waals surface area contributed by atoms with Crippen LogP contribution < -0.4 is 5.56 Å². The van der Waals surface area contributed by atoms with Crippen molar-refractivity contribution in [3.05, 3.63) is 79.4 Å². The van der Waals surface area contributed by atoms with Crippen LogP contribution in [0.4, 0.5) is 0 Å². The quantitative estimate of drug-likeness (QED) is 0.685. The second-order valence-electron chi connectivity index (χ2n) is 6.27. The summed E-state index contributed by atoms with van der Waals surface area (Å²) in [5.41, 5.74) is 3.57. The maximum absolute atomic E-state index is 12.6. The van der Waals surface area contributed by atoms with Crippen LogP contribution in [0, 0.1) is 0 Å². The Kier molecular flexibility index (Phi) is 4.89. The van der Waals surface area contributed by atoms with Crippen molar-refractivity contribution in [1.82, 2.24) is 19.9 Å². The number of hydrogen-bond donors (Lipinski definition) is 1. The minimum atomic E-state index is -0.0709. The van der Waals surface area contributed by atoms with Crippen molar-refractivity contribution >= 4 is 27.5 Å². The van der Waals surface area contributed by atoms with E-state index < -0.39 is 0 Å². The zero-order valence-corrected chi connectivity index (χ0v) is 16.2. The van der Waals surface area contributed by atoms with Crippen molar-refractivity contribution in [3.8, 4) is 11.4 Å². The molecular formula is C19H16BrClN4O. The van der Waals surface area contributed by atoms with Gasteiger partial charge in [-0.1, -0.05) is 11.6 Å². The number of pyridine rings is 1. The van der Waals surface area contributed by atoms with Crippen molar-refractivity contribution in [1.29, 1.82) is 0 Å². The first-order chi connectivity index (χ1) is 12.6. The molecule has 4 rings (SSSR count). The Bertz CT molecular complexity index is 1000. The van der Waals surface area contributed by atoms with Crippen LogP contribution in [0.25, 0.3) is 11.4 Å². The molecule has 1 aromatic carbocycles. The molecule has 2 aromatic heterocycles. The van der Waals surface area contributed by atoms with Crippen molar-refractivity contribution in [2.24, 2.45) is 0 Å². The zero-order valence-electron chi connectivity index (χ0n) is 13.9. The topological polar surface area (TPSA) is 61.9 Å². The predicted octanol–water partition coefficient (Wildman–Crippen LogP) is 3.81. The van der Waals surface area contributed by atoms with Crippen LogP contribution in [0.1, 0.15) is 16.8 Å². The highest BCUT2D eigenvalue weighted by molar-refractivity contribution is 9.10. The third-order valence-electron chi connectivity index (χ3n) is 4.52. The molecule has 26 heavy (non-hydrogen) atoms. The van der Waals surface area contributed by atoms with Crippen molar-refractivity contribution in [2.45, 2.75) is 19.5 Å². The van der Waals surface area contributed by atoms with Gasteiger partial charge in [-0.05, 0) is 51.8 Å². The van der Waals surface area contributed by atoms with E-state index in [2.05, 4.69) is 35.8 Å². The minimum Gasteiger partial charge on any atom is -0.306 e. The summed E-state index contributed by atoms with van der Waals surface area (Å²) in [6.07, 6.45) is 4.33. The molecule has 3 aromatic rings. The largest absolute Gasteiger partial charge is 0.306 e. The van der Waals surface area contributed by atoms with Gasteiger partial charge in [-0.15, -0.1) is 0 Å². The van der Waals surface area contributed by atoms with Gasteiger partial charge in [-0.25, -0.2) is 4.98 Å². The maximum Gasteiger partial charge on any atom is 0.255 e. The van der Waals surface area contributed by atoms with Gasteiger partial charge >= 0.3 is 0 Å². The molecule has 0 aliphatic carbocycles. The summed E-state index contributed by atoms with van der Waals surface area (Å²) < 4.78 is 0.982. The number of nitrogens with one attached hydrogen (secondary N) is 1. The molecule has 0 bridgehead atoms. The monoisotopic (exact) mass is 430 g/mol. The predicted molar refractivity (Wildman–Crippen MR) is 105 cm³/mol. The van der Waals surface area contributed by atoms with Gasteiger partial charge in [0.2, 0.25) is 0 Å². The summed E-state index contributed by atoms with van der Waals surface area (Å²) >= 11 is 9.47. The van der Waals surface area contributed by atoms with Gasteiger partial charge in [0.25, 0.3) is 5.56 Å². The van der Waals surface area contributed by atoms with E-state index in [1.807, 2.05) is 18.2 Å². The van der Waals surface area contributed by atoms with Crippen LogP contribution in [0.2, 0.25) is 5.02 Å². The van der Waals surface area contributed by atoms with Gasteiger partial charge in [-0.3, -0.25) is 14.7 Å². The smallest absolute Gasteiger partial charge is 0.255 e. The summed E-state index contributed by atoms with van der Waals surface area (Å²) in [7, 11) is 0. The number of fused-ring (bicyclic) bond motifs is 1. The SMILES string of the molecule is O=c1[nH]c(-c2ccc(Cl)cc2)nc2c1CN(Cc1ccncc1Br)CC2. The normalized spacial score (nSPS) is 14.2. The highest BCUT2D eigenvalue weighted by atomic mass is 79.9. The molecule has 0 unspecified atom stereocenters. The lowest BCUT2D eigenvalue weighted by Crippen LogP contribution is -2.35. The number of aromatic nitrogens is 3. The van der Waals surface area contributed by atoms with Crippen LogP contribution in [-0.2, 0) is 19.5 Å². The molecule has 132 valence electrons. The van der Waals surface area contributed by atoms with E-state index >= 15 is 0 Å².